The molecule has 0 spiro atoms. The van der Waals surface area contributed by atoms with Gasteiger partial charge in [-0.25, -0.2) is 9.36 Å². The van der Waals surface area contributed by atoms with Crippen LogP contribution in [0.15, 0.2) is 39.5 Å². The lowest BCUT2D eigenvalue weighted by Gasteiger charge is -2.07. The van der Waals surface area contributed by atoms with Crippen molar-refractivity contribution in [2.24, 2.45) is 0 Å². The molecule has 2 aromatic rings. The number of phosphoric ester groups is 1. The molecule has 0 bridgehead atoms. The predicted octanol–water partition coefficient (Wildman–Crippen LogP) is 1.42. The van der Waals surface area contributed by atoms with Crippen LogP contribution in [0.1, 0.15) is 5.56 Å². The van der Waals surface area contributed by atoms with Crippen LogP contribution in [0.25, 0.3) is 11.0 Å². The van der Waals surface area contributed by atoms with Crippen molar-refractivity contribution >= 4 is 18.8 Å². The molecule has 0 radical (unpaired) electrons. The number of hydrogen-bond acceptors (Lipinski definition) is 5. The molecule has 0 atom stereocenters. The van der Waals surface area contributed by atoms with E-state index in [1.54, 1.807) is 12.1 Å². The van der Waals surface area contributed by atoms with Crippen LogP contribution in [0.3, 0.4) is 0 Å². The van der Waals surface area contributed by atoms with E-state index in [1.807, 2.05) is 12.1 Å². The third kappa shape index (κ3) is 4.26. The standard InChI is InChI=1S/C12H13O7P/c13-12-7-9(5-6-17-8-18-20(14,15)16)10-3-1-2-4-11(10)19-12/h1-4,7H,5-6,8H2,(H2,14,15,16). The van der Waals surface area contributed by atoms with Crippen molar-refractivity contribution in [2.45, 2.75) is 6.42 Å². The summed E-state index contributed by atoms with van der Waals surface area (Å²) in [6.45, 7) is -0.350. The van der Waals surface area contributed by atoms with Gasteiger partial charge in [0.25, 0.3) is 0 Å². The molecule has 2 N–H and O–H groups in total. The Morgan fingerprint density at radius 1 is 1.25 bits per heavy atom. The number of ether oxygens (including phenoxy) is 1. The lowest BCUT2D eigenvalue weighted by Crippen LogP contribution is -2.06. The average Bonchev–Trinajstić information content (AvgIpc) is 2.36. The first kappa shape index (κ1) is 14.9. The van der Waals surface area contributed by atoms with Crippen LogP contribution in [0.5, 0.6) is 0 Å². The fraction of sp³-hybridized carbons (Fsp3) is 0.250. The van der Waals surface area contributed by atoms with E-state index >= 15 is 0 Å². The van der Waals surface area contributed by atoms with E-state index in [4.69, 9.17) is 18.9 Å². The normalized spacial score (nSPS) is 11.9. The zero-order chi connectivity index (χ0) is 14.6. The van der Waals surface area contributed by atoms with Crippen molar-refractivity contribution < 1.29 is 28.0 Å². The Balaban J connectivity index is 2.00. The molecule has 1 aromatic heterocycles. The number of benzene rings is 1. The molecule has 0 aliphatic carbocycles. The Morgan fingerprint density at radius 2 is 2.00 bits per heavy atom. The van der Waals surface area contributed by atoms with Gasteiger partial charge in [-0.05, 0) is 18.1 Å². The first-order valence-electron chi connectivity index (χ1n) is 5.75. The van der Waals surface area contributed by atoms with E-state index in [0.717, 1.165) is 10.9 Å². The maximum atomic E-state index is 11.4. The van der Waals surface area contributed by atoms with Crippen molar-refractivity contribution in [1.82, 2.24) is 0 Å². The maximum absolute atomic E-state index is 11.4. The first-order chi connectivity index (χ1) is 9.46. The molecule has 1 heterocycles. The Bertz CT molecular complexity index is 688. The van der Waals surface area contributed by atoms with E-state index in [-0.39, 0.29) is 6.61 Å². The summed E-state index contributed by atoms with van der Waals surface area (Å²) in [4.78, 5) is 28.3. The third-order valence-corrected chi connectivity index (χ3v) is 3.00. The summed E-state index contributed by atoms with van der Waals surface area (Å²) in [6.07, 6.45) is 0.399. The SMILES string of the molecule is O=c1cc(CCOCOP(=O)(O)O)c2ccccc2o1. The molecular weight excluding hydrogens is 287 g/mol. The summed E-state index contributed by atoms with van der Waals surface area (Å²) in [7, 11) is -4.51. The molecule has 7 nitrogen and oxygen atoms in total. The Kier molecular flexibility index (Phi) is 4.69. The topological polar surface area (TPSA) is 106 Å². The highest BCUT2D eigenvalue weighted by atomic mass is 31.2. The molecule has 0 fully saturated rings. The van der Waals surface area contributed by atoms with Crippen molar-refractivity contribution in [1.29, 1.82) is 0 Å². The fourth-order valence-corrected chi connectivity index (χ4v) is 1.94. The summed E-state index contributed by atoms with van der Waals surface area (Å²) < 4.78 is 24.6. The fourth-order valence-electron chi connectivity index (χ4n) is 1.73. The van der Waals surface area contributed by atoms with Gasteiger partial charge >= 0.3 is 13.4 Å². The van der Waals surface area contributed by atoms with Crippen LogP contribution in [0, 0.1) is 0 Å². The first-order valence-corrected chi connectivity index (χ1v) is 7.28. The van der Waals surface area contributed by atoms with Gasteiger partial charge in [-0.2, -0.15) is 0 Å². The average molecular weight is 300 g/mol. The summed E-state index contributed by atoms with van der Waals surface area (Å²) in [5.41, 5.74) is 0.777. The van der Waals surface area contributed by atoms with E-state index < -0.39 is 20.2 Å². The van der Waals surface area contributed by atoms with Crippen molar-refractivity contribution in [3.63, 3.8) is 0 Å². The van der Waals surface area contributed by atoms with E-state index in [1.165, 1.54) is 6.07 Å². The number of para-hydroxylation sites is 1. The molecule has 0 saturated carbocycles. The van der Waals surface area contributed by atoms with Gasteiger partial charge < -0.3 is 18.9 Å². The van der Waals surface area contributed by atoms with Gasteiger partial charge in [0.2, 0.25) is 0 Å². The number of fused-ring (bicyclic) bond motifs is 1. The highest BCUT2D eigenvalue weighted by molar-refractivity contribution is 7.46. The van der Waals surface area contributed by atoms with Gasteiger partial charge in [-0.15, -0.1) is 0 Å². The molecule has 0 aliphatic rings. The van der Waals surface area contributed by atoms with Crippen LogP contribution in [0.2, 0.25) is 0 Å². The van der Waals surface area contributed by atoms with Crippen LogP contribution < -0.4 is 5.63 Å². The molecule has 108 valence electrons. The van der Waals surface area contributed by atoms with Crippen molar-refractivity contribution in [3.8, 4) is 0 Å². The molecular formula is C12H13O7P. The van der Waals surface area contributed by atoms with Crippen LogP contribution in [-0.4, -0.2) is 23.2 Å². The molecule has 0 saturated heterocycles. The van der Waals surface area contributed by atoms with Crippen LogP contribution >= 0.6 is 7.82 Å². The molecule has 0 amide bonds. The Morgan fingerprint density at radius 3 is 2.75 bits per heavy atom. The van der Waals surface area contributed by atoms with E-state index in [9.17, 15) is 9.36 Å². The number of phosphoric acid groups is 1. The molecule has 8 heteroatoms. The zero-order valence-electron chi connectivity index (χ0n) is 10.4. The molecule has 0 aliphatic heterocycles. The van der Waals surface area contributed by atoms with Crippen molar-refractivity contribution in [2.75, 3.05) is 13.4 Å². The minimum absolute atomic E-state index is 0.160. The smallest absolute Gasteiger partial charge is 0.423 e. The highest BCUT2D eigenvalue weighted by Gasteiger charge is 2.13. The Labute approximate surface area is 114 Å². The van der Waals surface area contributed by atoms with Crippen molar-refractivity contribution in [3.05, 3.63) is 46.3 Å². The van der Waals surface area contributed by atoms with E-state index in [0.29, 0.717) is 12.0 Å². The predicted molar refractivity (Wildman–Crippen MR) is 70.1 cm³/mol. The Hall–Kier alpha value is -1.50. The monoisotopic (exact) mass is 300 g/mol. The van der Waals surface area contributed by atoms with Gasteiger partial charge in [0.05, 0.1) is 6.61 Å². The maximum Gasteiger partial charge on any atom is 0.471 e. The second-order valence-electron chi connectivity index (χ2n) is 3.98. The zero-order valence-corrected chi connectivity index (χ0v) is 11.3. The second kappa shape index (κ2) is 6.30. The summed E-state index contributed by atoms with van der Waals surface area (Å²) in [5.74, 6) is 0. The van der Waals surface area contributed by atoms with E-state index in [2.05, 4.69) is 4.52 Å². The van der Waals surface area contributed by atoms with Gasteiger partial charge in [-0.1, -0.05) is 18.2 Å². The van der Waals surface area contributed by atoms with Crippen LogP contribution in [-0.2, 0) is 20.2 Å². The number of rotatable bonds is 6. The largest absolute Gasteiger partial charge is 0.471 e. The van der Waals surface area contributed by atoms with Gasteiger partial charge in [0.1, 0.15) is 5.58 Å². The summed E-state index contributed by atoms with van der Waals surface area (Å²) in [6, 6.07) is 8.47. The second-order valence-corrected chi connectivity index (χ2v) is 5.22. The molecule has 20 heavy (non-hydrogen) atoms. The summed E-state index contributed by atoms with van der Waals surface area (Å²) >= 11 is 0. The molecule has 2 rings (SSSR count). The quantitative estimate of drug-likeness (QED) is 0.359. The minimum Gasteiger partial charge on any atom is -0.423 e. The molecule has 0 unspecified atom stereocenters. The summed E-state index contributed by atoms with van der Waals surface area (Å²) in [5, 5.41) is 0.798. The minimum atomic E-state index is -4.51. The van der Waals surface area contributed by atoms with Gasteiger partial charge in [0.15, 0.2) is 6.79 Å². The van der Waals surface area contributed by atoms with Gasteiger partial charge in [0, 0.05) is 11.5 Å². The highest BCUT2D eigenvalue weighted by Crippen LogP contribution is 2.35. The third-order valence-electron chi connectivity index (χ3n) is 2.56. The lowest BCUT2D eigenvalue weighted by atomic mass is 10.1. The lowest BCUT2D eigenvalue weighted by molar-refractivity contribution is -0.000190. The number of hydrogen-bond donors (Lipinski definition) is 2. The molecule has 1 aromatic carbocycles. The van der Waals surface area contributed by atoms with Crippen LogP contribution in [0.4, 0.5) is 0 Å². The van der Waals surface area contributed by atoms with Gasteiger partial charge in [-0.3, -0.25) is 4.52 Å².